The van der Waals surface area contributed by atoms with Crippen molar-refractivity contribution < 1.29 is 14.7 Å². The van der Waals surface area contributed by atoms with Gasteiger partial charge in [-0.2, -0.15) is 0 Å². The molecule has 1 saturated heterocycles. The Bertz CT molecular complexity index is 807. The van der Waals surface area contributed by atoms with Crippen LogP contribution in [0.5, 0.6) is 0 Å². The van der Waals surface area contributed by atoms with Gasteiger partial charge in [0.05, 0.1) is 18.7 Å². The summed E-state index contributed by atoms with van der Waals surface area (Å²) in [6.07, 6.45) is -0.100. The average molecular weight is 441 g/mol. The van der Waals surface area contributed by atoms with Gasteiger partial charge in [0.1, 0.15) is 0 Å². The quantitative estimate of drug-likeness (QED) is 0.523. The molecular weight excluding hydrogens is 415 g/mol. The van der Waals surface area contributed by atoms with E-state index in [4.69, 9.17) is 5.73 Å². The zero-order valence-electron chi connectivity index (χ0n) is 15.8. The molecule has 0 bridgehead atoms. The molecule has 1 heterocycles. The Hall–Kier alpha value is -2.32. The van der Waals surface area contributed by atoms with Crippen LogP contribution in [0.1, 0.15) is 12.0 Å². The van der Waals surface area contributed by atoms with Crippen molar-refractivity contribution in [3.8, 4) is 0 Å². The van der Waals surface area contributed by atoms with Crippen molar-refractivity contribution in [2.45, 2.75) is 25.1 Å². The van der Waals surface area contributed by atoms with Gasteiger partial charge in [-0.3, -0.25) is 9.59 Å². The number of aliphatic hydroxyl groups is 1. The van der Waals surface area contributed by atoms with Crippen molar-refractivity contribution in [3.63, 3.8) is 0 Å². The van der Waals surface area contributed by atoms with E-state index in [1.807, 2.05) is 53.4 Å². The fourth-order valence-electron chi connectivity index (χ4n) is 3.16. The van der Waals surface area contributed by atoms with Gasteiger partial charge in [-0.05, 0) is 30.2 Å². The predicted octanol–water partition coefficient (Wildman–Crippen LogP) is 1.68. The van der Waals surface area contributed by atoms with E-state index in [0.717, 1.165) is 11.3 Å². The minimum absolute atomic E-state index is 0. The molecule has 29 heavy (non-hydrogen) atoms. The second kappa shape index (κ2) is 11.6. The van der Waals surface area contributed by atoms with Crippen LogP contribution in [0.2, 0.25) is 0 Å². The molecule has 158 valence electrons. The summed E-state index contributed by atoms with van der Waals surface area (Å²) in [5.74, 6) is -0.613. The number of halogens is 2. The lowest BCUT2D eigenvalue weighted by Gasteiger charge is -2.24. The average Bonchev–Trinajstić information content (AvgIpc) is 3.08. The first-order valence-electron chi connectivity index (χ1n) is 8.91. The highest BCUT2D eigenvalue weighted by molar-refractivity contribution is 5.95. The van der Waals surface area contributed by atoms with Gasteiger partial charge in [0.2, 0.25) is 11.8 Å². The third kappa shape index (κ3) is 7.21. The van der Waals surface area contributed by atoms with Crippen molar-refractivity contribution in [3.05, 3.63) is 60.2 Å². The van der Waals surface area contributed by atoms with Gasteiger partial charge in [0, 0.05) is 24.5 Å². The minimum atomic E-state index is -0.496. The maximum Gasteiger partial charge on any atom is 0.241 e. The molecule has 1 aliphatic heterocycles. The summed E-state index contributed by atoms with van der Waals surface area (Å²) in [5, 5.41) is 15.4. The summed E-state index contributed by atoms with van der Waals surface area (Å²) in [6.45, 7) is 1.02. The van der Waals surface area contributed by atoms with Gasteiger partial charge in [-0.25, -0.2) is 0 Å². The number of nitrogens with zero attached hydrogens (tertiary/aromatic N) is 1. The number of rotatable bonds is 7. The van der Waals surface area contributed by atoms with E-state index in [1.165, 1.54) is 0 Å². The Kier molecular flexibility index (Phi) is 9.91. The number of primary amides is 1. The zero-order valence-corrected chi connectivity index (χ0v) is 17.4. The van der Waals surface area contributed by atoms with Gasteiger partial charge in [-0.1, -0.05) is 36.4 Å². The van der Waals surface area contributed by atoms with Crippen LogP contribution in [-0.2, 0) is 16.1 Å². The highest BCUT2D eigenvalue weighted by atomic mass is 35.5. The highest BCUT2D eigenvalue weighted by Crippen LogP contribution is 2.22. The van der Waals surface area contributed by atoms with Crippen LogP contribution in [-0.4, -0.2) is 42.2 Å². The van der Waals surface area contributed by atoms with Crippen LogP contribution in [0.25, 0.3) is 0 Å². The summed E-state index contributed by atoms with van der Waals surface area (Å²) in [6, 6.07) is 16.7. The van der Waals surface area contributed by atoms with Gasteiger partial charge in [0.25, 0.3) is 0 Å². The smallest absolute Gasteiger partial charge is 0.241 e. The Balaban J connectivity index is 0.00000210. The number of carbonyl (C=O) groups excluding carboxylic acids is 2. The summed E-state index contributed by atoms with van der Waals surface area (Å²) in [4.78, 5) is 25.7. The van der Waals surface area contributed by atoms with Gasteiger partial charge in [-0.15, -0.1) is 24.8 Å². The summed E-state index contributed by atoms with van der Waals surface area (Å²) in [5.41, 5.74) is 7.88. The number of hydrogen-bond donors (Lipinski definition) is 4. The molecule has 0 radical (unpaired) electrons. The van der Waals surface area contributed by atoms with Gasteiger partial charge >= 0.3 is 0 Å². The third-order valence-corrected chi connectivity index (χ3v) is 4.47. The first kappa shape index (κ1) is 24.7. The van der Waals surface area contributed by atoms with E-state index in [1.54, 1.807) is 6.07 Å². The number of β-amino-alcohol motifs (C(OH)–C–C–N with tert-alkyl or cyclic N) is 1. The summed E-state index contributed by atoms with van der Waals surface area (Å²) in [7, 11) is 0. The van der Waals surface area contributed by atoms with Crippen LogP contribution < -0.4 is 21.3 Å². The van der Waals surface area contributed by atoms with E-state index >= 15 is 0 Å². The molecular formula is C20H26Cl2N4O3. The summed E-state index contributed by atoms with van der Waals surface area (Å²) >= 11 is 0. The Morgan fingerprint density at radius 2 is 1.86 bits per heavy atom. The van der Waals surface area contributed by atoms with Crippen molar-refractivity contribution in [2.75, 3.05) is 23.3 Å². The summed E-state index contributed by atoms with van der Waals surface area (Å²) < 4.78 is 0. The number of anilines is 2. The topological polar surface area (TPSA) is 108 Å². The second-order valence-electron chi connectivity index (χ2n) is 6.70. The number of nitrogens with one attached hydrogen (secondary N) is 2. The Labute approximate surface area is 182 Å². The molecule has 2 amide bonds. The van der Waals surface area contributed by atoms with Crippen molar-refractivity contribution >= 4 is 48.0 Å². The van der Waals surface area contributed by atoms with Crippen molar-refractivity contribution in [1.82, 2.24) is 5.32 Å². The molecule has 9 heteroatoms. The van der Waals surface area contributed by atoms with Crippen LogP contribution in [0.15, 0.2) is 54.6 Å². The molecule has 2 aromatic rings. The van der Waals surface area contributed by atoms with E-state index in [9.17, 15) is 14.7 Å². The monoisotopic (exact) mass is 440 g/mol. The molecule has 7 nitrogen and oxygen atoms in total. The first-order chi connectivity index (χ1) is 13.0. The molecule has 0 aromatic heterocycles. The lowest BCUT2D eigenvalue weighted by Crippen LogP contribution is -2.35. The Morgan fingerprint density at radius 3 is 2.48 bits per heavy atom. The normalized spacial score (nSPS) is 17.6. The highest BCUT2D eigenvalue weighted by Gasteiger charge is 2.28. The van der Waals surface area contributed by atoms with Crippen LogP contribution >= 0.6 is 24.8 Å². The van der Waals surface area contributed by atoms with E-state index in [0.29, 0.717) is 25.2 Å². The SMILES string of the molecule is Cl.Cl.NC(=O)CN(Cc1ccccc1)c1cccc(NC(=O)C2CC(O)CN2)c1. The largest absolute Gasteiger partial charge is 0.392 e. The van der Waals surface area contributed by atoms with E-state index in [-0.39, 0.29) is 37.3 Å². The standard InChI is InChI=1S/C20H24N4O3.2ClH/c21-19(26)13-24(12-14-5-2-1-3-6-14)16-8-4-7-15(9-16)23-20(27)18-10-17(25)11-22-18;;/h1-9,17-18,22,25H,10-13H2,(H2,21,26)(H,23,27);2*1H. The zero-order chi connectivity index (χ0) is 19.2. The molecule has 3 rings (SSSR count). The number of benzene rings is 2. The van der Waals surface area contributed by atoms with Crippen LogP contribution in [0, 0.1) is 0 Å². The third-order valence-electron chi connectivity index (χ3n) is 4.47. The number of carbonyl (C=O) groups is 2. The van der Waals surface area contributed by atoms with Gasteiger partial charge < -0.3 is 26.4 Å². The minimum Gasteiger partial charge on any atom is -0.392 e. The second-order valence-corrected chi connectivity index (χ2v) is 6.70. The molecule has 5 N–H and O–H groups in total. The lowest BCUT2D eigenvalue weighted by atomic mass is 10.1. The molecule has 0 saturated carbocycles. The first-order valence-corrected chi connectivity index (χ1v) is 8.91. The number of aliphatic hydroxyl groups excluding tert-OH is 1. The lowest BCUT2D eigenvalue weighted by molar-refractivity contribution is -0.118. The molecule has 1 aliphatic rings. The number of amides is 2. The maximum atomic E-state index is 12.3. The van der Waals surface area contributed by atoms with E-state index < -0.39 is 18.1 Å². The molecule has 2 aromatic carbocycles. The van der Waals surface area contributed by atoms with Gasteiger partial charge in [0.15, 0.2) is 0 Å². The van der Waals surface area contributed by atoms with Crippen LogP contribution in [0.4, 0.5) is 11.4 Å². The molecule has 2 atom stereocenters. The molecule has 0 spiro atoms. The van der Waals surface area contributed by atoms with Crippen molar-refractivity contribution in [1.29, 1.82) is 0 Å². The van der Waals surface area contributed by atoms with Crippen LogP contribution in [0.3, 0.4) is 0 Å². The fourth-order valence-corrected chi connectivity index (χ4v) is 3.16. The molecule has 0 aliphatic carbocycles. The molecule has 2 unspecified atom stereocenters. The number of hydrogen-bond acceptors (Lipinski definition) is 5. The fraction of sp³-hybridized carbons (Fsp3) is 0.300. The van der Waals surface area contributed by atoms with Crippen molar-refractivity contribution in [2.24, 2.45) is 5.73 Å². The maximum absolute atomic E-state index is 12.3. The Morgan fingerprint density at radius 1 is 1.14 bits per heavy atom. The predicted molar refractivity (Wildman–Crippen MR) is 119 cm³/mol. The molecule has 1 fully saturated rings. The number of nitrogens with two attached hydrogens (primary N) is 1. The van der Waals surface area contributed by atoms with E-state index in [2.05, 4.69) is 10.6 Å².